The number of benzene rings is 1. The zero-order valence-electron chi connectivity index (χ0n) is 16.2. The Labute approximate surface area is 168 Å². The molecule has 0 bridgehead atoms. The number of rotatable bonds is 4. The van der Waals surface area contributed by atoms with Crippen LogP contribution < -0.4 is 4.74 Å². The Morgan fingerprint density at radius 2 is 1.96 bits per heavy atom. The highest BCUT2D eigenvalue weighted by atomic mass is 32.1. The molecule has 0 aliphatic carbocycles. The maximum atomic E-state index is 13.0. The number of nitrogens with zero attached hydrogens (tertiary/aromatic N) is 4. The number of likely N-dealkylation sites (tertiary alicyclic amines) is 1. The lowest BCUT2D eigenvalue weighted by Gasteiger charge is -2.24. The first-order valence-electron chi connectivity index (χ1n) is 9.30. The molecule has 1 aliphatic heterocycles. The molecule has 3 aromatic rings. The van der Waals surface area contributed by atoms with Crippen molar-refractivity contribution < 1.29 is 9.53 Å². The van der Waals surface area contributed by atoms with Crippen molar-refractivity contribution in [2.75, 3.05) is 13.7 Å². The molecule has 144 valence electrons. The lowest BCUT2D eigenvalue weighted by Crippen LogP contribution is -2.31. The van der Waals surface area contributed by atoms with Crippen LogP contribution in [0.5, 0.6) is 5.75 Å². The summed E-state index contributed by atoms with van der Waals surface area (Å²) >= 11 is 1.16. The van der Waals surface area contributed by atoms with Gasteiger partial charge < -0.3 is 9.64 Å². The summed E-state index contributed by atoms with van der Waals surface area (Å²) in [6.45, 7) is 4.55. The van der Waals surface area contributed by atoms with Crippen LogP contribution in [0.1, 0.15) is 45.6 Å². The molecule has 1 atom stereocenters. The lowest BCUT2D eigenvalue weighted by molar-refractivity contribution is 0.0737. The van der Waals surface area contributed by atoms with E-state index in [0.29, 0.717) is 10.6 Å². The van der Waals surface area contributed by atoms with Gasteiger partial charge >= 0.3 is 0 Å². The second-order valence-corrected chi connectivity index (χ2v) is 7.75. The van der Waals surface area contributed by atoms with E-state index in [0.717, 1.165) is 59.2 Å². The molecule has 0 unspecified atom stereocenters. The number of amides is 1. The summed E-state index contributed by atoms with van der Waals surface area (Å²) in [6.07, 6.45) is 1.88. The van der Waals surface area contributed by atoms with E-state index in [9.17, 15) is 4.79 Å². The molecular weight excluding hydrogens is 372 g/mol. The predicted octanol–water partition coefficient (Wildman–Crippen LogP) is 4.20. The van der Waals surface area contributed by atoms with Crippen molar-refractivity contribution in [2.45, 2.75) is 32.7 Å². The molecule has 28 heavy (non-hydrogen) atoms. The van der Waals surface area contributed by atoms with Gasteiger partial charge in [0, 0.05) is 12.2 Å². The Hall–Kier alpha value is -2.80. The van der Waals surface area contributed by atoms with E-state index in [1.54, 1.807) is 7.11 Å². The molecule has 1 amide bonds. The fraction of sp³-hybridized carbons (Fsp3) is 0.333. The minimum atomic E-state index is -0.0223. The van der Waals surface area contributed by atoms with Gasteiger partial charge in [-0.3, -0.25) is 9.78 Å². The Kier molecular flexibility index (Phi) is 5.09. The van der Waals surface area contributed by atoms with Crippen LogP contribution in [0, 0.1) is 13.8 Å². The van der Waals surface area contributed by atoms with Gasteiger partial charge in [0.25, 0.3) is 5.91 Å². The zero-order chi connectivity index (χ0) is 19.7. The molecule has 0 spiro atoms. The fourth-order valence-electron chi connectivity index (χ4n) is 3.69. The first kappa shape index (κ1) is 18.6. The second-order valence-electron chi connectivity index (χ2n) is 6.99. The van der Waals surface area contributed by atoms with Gasteiger partial charge in [-0.15, -0.1) is 5.10 Å². The van der Waals surface area contributed by atoms with Gasteiger partial charge in [0.2, 0.25) is 0 Å². The quantitative estimate of drug-likeness (QED) is 0.663. The van der Waals surface area contributed by atoms with Crippen molar-refractivity contribution in [1.82, 2.24) is 19.5 Å². The molecule has 1 saturated heterocycles. The fourth-order valence-corrected chi connectivity index (χ4v) is 4.30. The van der Waals surface area contributed by atoms with Crippen molar-refractivity contribution >= 4 is 17.4 Å². The topological polar surface area (TPSA) is 68.2 Å². The molecule has 0 saturated carbocycles. The first-order chi connectivity index (χ1) is 13.6. The molecule has 0 radical (unpaired) electrons. The summed E-state index contributed by atoms with van der Waals surface area (Å²) in [5.41, 5.74) is 4.77. The monoisotopic (exact) mass is 394 g/mol. The predicted molar refractivity (Wildman–Crippen MR) is 109 cm³/mol. The summed E-state index contributed by atoms with van der Waals surface area (Å²) < 4.78 is 9.17. The van der Waals surface area contributed by atoms with E-state index in [2.05, 4.69) is 21.7 Å². The molecule has 2 aromatic heterocycles. The number of hydrogen-bond donors (Lipinski definition) is 0. The van der Waals surface area contributed by atoms with E-state index in [1.165, 1.54) is 0 Å². The summed E-state index contributed by atoms with van der Waals surface area (Å²) in [4.78, 5) is 20.3. The molecule has 3 heterocycles. The van der Waals surface area contributed by atoms with Gasteiger partial charge in [0.15, 0.2) is 0 Å². The number of methoxy groups -OCH3 is 1. The number of aromatic nitrogens is 3. The number of carbonyl (C=O) groups excluding carboxylic acids is 1. The summed E-state index contributed by atoms with van der Waals surface area (Å²) in [6, 6.07) is 12.1. The normalized spacial score (nSPS) is 16.4. The summed E-state index contributed by atoms with van der Waals surface area (Å²) in [5.74, 6) is 0.833. The SMILES string of the molecule is COc1ccc(-c2cc(C)nc([C@H]3CCCN3C(=O)c3snnc3C)c2)cc1. The standard InChI is InChI=1S/C21H22N4O2S/c1-13-11-16(15-6-8-17(27-3)9-7-15)12-18(22-13)19-5-4-10-25(19)21(26)20-14(2)23-24-28-20/h6-9,11-12,19H,4-5,10H2,1-3H3/t19-/m1/s1. The molecule has 1 fully saturated rings. The third-order valence-electron chi connectivity index (χ3n) is 5.10. The average molecular weight is 395 g/mol. The Morgan fingerprint density at radius 3 is 2.64 bits per heavy atom. The van der Waals surface area contributed by atoms with E-state index in [1.807, 2.05) is 43.0 Å². The maximum absolute atomic E-state index is 13.0. The van der Waals surface area contributed by atoms with Crippen molar-refractivity contribution in [3.8, 4) is 16.9 Å². The Balaban J connectivity index is 1.67. The van der Waals surface area contributed by atoms with Crippen molar-refractivity contribution in [1.29, 1.82) is 0 Å². The number of hydrogen-bond acceptors (Lipinski definition) is 6. The third kappa shape index (κ3) is 3.49. The van der Waals surface area contributed by atoms with Gasteiger partial charge in [-0.05, 0) is 73.6 Å². The molecule has 0 N–H and O–H groups in total. The van der Waals surface area contributed by atoms with Gasteiger partial charge in [-0.25, -0.2) is 0 Å². The molecule has 1 aromatic carbocycles. The van der Waals surface area contributed by atoms with Crippen LogP contribution in [-0.4, -0.2) is 39.0 Å². The number of pyridine rings is 1. The smallest absolute Gasteiger partial charge is 0.268 e. The largest absolute Gasteiger partial charge is 0.497 e. The molecule has 7 heteroatoms. The van der Waals surface area contributed by atoms with Gasteiger partial charge in [0.1, 0.15) is 10.6 Å². The van der Waals surface area contributed by atoms with Crippen LogP contribution in [0.25, 0.3) is 11.1 Å². The zero-order valence-corrected chi connectivity index (χ0v) is 17.0. The Morgan fingerprint density at radius 1 is 1.18 bits per heavy atom. The van der Waals surface area contributed by atoms with E-state index in [4.69, 9.17) is 9.72 Å². The van der Waals surface area contributed by atoms with Crippen molar-refractivity contribution in [2.24, 2.45) is 0 Å². The molecule has 6 nitrogen and oxygen atoms in total. The Bertz CT molecular complexity index is 1000. The van der Waals surface area contributed by atoms with Crippen molar-refractivity contribution in [3.63, 3.8) is 0 Å². The van der Waals surface area contributed by atoms with Crippen LogP contribution in [-0.2, 0) is 0 Å². The number of ether oxygens (including phenoxy) is 1. The minimum Gasteiger partial charge on any atom is -0.497 e. The maximum Gasteiger partial charge on any atom is 0.268 e. The van der Waals surface area contributed by atoms with Crippen LogP contribution in [0.2, 0.25) is 0 Å². The van der Waals surface area contributed by atoms with Crippen LogP contribution >= 0.6 is 11.5 Å². The summed E-state index contributed by atoms with van der Waals surface area (Å²) in [7, 11) is 1.66. The molecule has 4 rings (SSSR count). The van der Waals surface area contributed by atoms with E-state index < -0.39 is 0 Å². The van der Waals surface area contributed by atoms with Crippen LogP contribution in [0.3, 0.4) is 0 Å². The third-order valence-corrected chi connectivity index (χ3v) is 5.91. The average Bonchev–Trinajstić information content (AvgIpc) is 3.36. The first-order valence-corrected chi connectivity index (χ1v) is 10.1. The number of carbonyl (C=O) groups is 1. The summed E-state index contributed by atoms with van der Waals surface area (Å²) in [5, 5.41) is 3.98. The second kappa shape index (κ2) is 7.67. The highest BCUT2D eigenvalue weighted by Gasteiger charge is 2.33. The lowest BCUT2D eigenvalue weighted by atomic mass is 10.0. The van der Waals surface area contributed by atoms with Crippen molar-refractivity contribution in [3.05, 3.63) is 58.4 Å². The van der Waals surface area contributed by atoms with Gasteiger partial charge in [-0.1, -0.05) is 16.6 Å². The van der Waals surface area contributed by atoms with Gasteiger partial charge in [0.05, 0.1) is 24.5 Å². The van der Waals surface area contributed by atoms with Gasteiger partial charge in [-0.2, -0.15) is 0 Å². The van der Waals surface area contributed by atoms with Crippen LogP contribution in [0.4, 0.5) is 0 Å². The highest BCUT2D eigenvalue weighted by molar-refractivity contribution is 7.07. The van der Waals surface area contributed by atoms with E-state index in [-0.39, 0.29) is 11.9 Å². The minimum absolute atomic E-state index is 0.00398. The highest BCUT2D eigenvalue weighted by Crippen LogP contribution is 2.35. The molecular formula is C21H22N4O2S. The molecule has 1 aliphatic rings. The number of aryl methyl sites for hydroxylation is 2. The van der Waals surface area contributed by atoms with E-state index >= 15 is 0 Å². The van der Waals surface area contributed by atoms with Crippen LogP contribution in [0.15, 0.2) is 36.4 Å².